The number of carbonyl (C=O) groups is 1. The Bertz CT molecular complexity index is 1420. The Morgan fingerprint density at radius 3 is 2.52 bits per heavy atom. The first-order valence-electron chi connectivity index (χ1n) is 13.8. The van der Waals surface area contributed by atoms with Crippen molar-refractivity contribution < 1.29 is 32.5 Å². The zero-order valence-electron chi connectivity index (χ0n) is 23.4. The fraction of sp³-hybridized carbons (Fsp3) is 0.419. The van der Waals surface area contributed by atoms with E-state index >= 15 is 0 Å². The molecule has 1 aliphatic carbocycles. The van der Waals surface area contributed by atoms with Crippen molar-refractivity contribution in [3.8, 4) is 17.2 Å². The SMILES string of the molecule is COc1cc2c(cc1C)CCN(CC(=O)O[C@@H](Cc1c(Cl)cncc1Cl)c1ccc(OC(F)F)c(OCC3CC3)c1)C2. The van der Waals surface area contributed by atoms with Crippen molar-refractivity contribution in [1.82, 2.24) is 9.88 Å². The molecule has 1 fully saturated rings. The number of halogens is 4. The molecule has 0 radical (unpaired) electrons. The maximum Gasteiger partial charge on any atom is 0.387 e. The van der Waals surface area contributed by atoms with Crippen LogP contribution in [0.4, 0.5) is 8.78 Å². The first-order valence-corrected chi connectivity index (χ1v) is 14.5. The Hall–Kier alpha value is -3.14. The zero-order valence-corrected chi connectivity index (χ0v) is 24.9. The van der Waals surface area contributed by atoms with Crippen molar-refractivity contribution in [2.24, 2.45) is 5.92 Å². The third kappa shape index (κ3) is 7.62. The van der Waals surface area contributed by atoms with Gasteiger partial charge in [0.15, 0.2) is 11.5 Å². The Morgan fingerprint density at radius 2 is 1.83 bits per heavy atom. The standard InChI is InChI=1S/C31H32Cl2F2N2O5/c1-18-9-20-7-8-37(15-22(20)11-27(18)39-2)16-30(38)41-28(12-23-24(32)13-36-14-25(23)33)21-5-6-26(42-31(34)35)29(10-21)40-17-19-3-4-19/h5-6,9-11,13-14,19,28,31H,3-4,7-8,12,15-17H2,1-2H3/t28-/m0/s1. The third-order valence-corrected chi connectivity index (χ3v) is 8.16. The van der Waals surface area contributed by atoms with Gasteiger partial charge in [0.2, 0.25) is 0 Å². The summed E-state index contributed by atoms with van der Waals surface area (Å²) in [5.41, 5.74) is 4.50. The number of nitrogens with zero attached hydrogens (tertiary/aromatic N) is 2. The van der Waals surface area contributed by atoms with Crippen LogP contribution < -0.4 is 14.2 Å². The summed E-state index contributed by atoms with van der Waals surface area (Å²) in [5, 5.41) is 0.645. The molecule has 0 N–H and O–H groups in total. The number of benzene rings is 2. The number of aromatic nitrogens is 1. The summed E-state index contributed by atoms with van der Waals surface area (Å²) in [6.45, 7) is 0.712. The number of pyridine rings is 1. The number of fused-ring (bicyclic) bond motifs is 1. The molecule has 0 unspecified atom stereocenters. The molecule has 1 aliphatic heterocycles. The fourth-order valence-electron chi connectivity index (χ4n) is 5.07. The predicted molar refractivity (Wildman–Crippen MR) is 155 cm³/mol. The van der Waals surface area contributed by atoms with Gasteiger partial charge in [0, 0.05) is 31.9 Å². The van der Waals surface area contributed by atoms with Crippen molar-refractivity contribution in [3.63, 3.8) is 0 Å². The van der Waals surface area contributed by atoms with Gasteiger partial charge in [0.1, 0.15) is 11.9 Å². The Kier molecular flexibility index (Phi) is 9.70. The fourth-order valence-corrected chi connectivity index (χ4v) is 5.59. The molecule has 1 atom stereocenters. The van der Waals surface area contributed by atoms with Gasteiger partial charge in [-0.1, -0.05) is 35.3 Å². The van der Waals surface area contributed by atoms with Crippen molar-refractivity contribution in [2.75, 3.05) is 26.8 Å². The second kappa shape index (κ2) is 13.4. The van der Waals surface area contributed by atoms with E-state index < -0.39 is 18.7 Å². The molecule has 0 bridgehead atoms. The molecule has 42 heavy (non-hydrogen) atoms. The lowest BCUT2D eigenvalue weighted by Gasteiger charge is -2.29. The number of ether oxygens (including phenoxy) is 4. The number of hydrogen-bond donors (Lipinski definition) is 0. The highest BCUT2D eigenvalue weighted by Crippen LogP contribution is 2.38. The van der Waals surface area contributed by atoms with E-state index in [9.17, 15) is 13.6 Å². The maximum absolute atomic E-state index is 13.3. The summed E-state index contributed by atoms with van der Waals surface area (Å²) in [6, 6.07) is 8.70. The summed E-state index contributed by atoms with van der Waals surface area (Å²) >= 11 is 12.8. The molecule has 7 nitrogen and oxygen atoms in total. The quantitative estimate of drug-likeness (QED) is 0.202. The highest BCUT2D eigenvalue weighted by molar-refractivity contribution is 6.35. The molecule has 0 spiro atoms. The van der Waals surface area contributed by atoms with Gasteiger partial charge in [-0.25, -0.2) is 0 Å². The molecule has 224 valence electrons. The molecule has 2 aromatic carbocycles. The van der Waals surface area contributed by atoms with E-state index in [0.29, 0.717) is 46.8 Å². The summed E-state index contributed by atoms with van der Waals surface area (Å²) in [5.74, 6) is 0.817. The number of carbonyl (C=O) groups excluding carboxylic acids is 1. The first kappa shape index (κ1) is 30.3. The highest BCUT2D eigenvalue weighted by Gasteiger charge is 2.27. The third-order valence-electron chi connectivity index (χ3n) is 7.50. The number of rotatable bonds is 12. The van der Waals surface area contributed by atoms with Gasteiger partial charge in [-0.2, -0.15) is 8.78 Å². The molecular weight excluding hydrogens is 589 g/mol. The Balaban J connectivity index is 1.37. The van der Waals surface area contributed by atoms with Crippen molar-refractivity contribution in [1.29, 1.82) is 0 Å². The van der Waals surface area contributed by atoms with Crippen LogP contribution in [0.3, 0.4) is 0 Å². The van der Waals surface area contributed by atoms with Crippen molar-refractivity contribution >= 4 is 29.2 Å². The van der Waals surface area contributed by atoms with Crippen LogP contribution in [0.15, 0.2) is 42.7 Å². The van der Waals surface area contributed by atoms with Gasteiger partial charge in [0.05, 0.1) is 30.3 Å². The maximum atomic E-state index is 13.3. The molecule has 1 aromatic heterocycles. The first-order chi connectivity index (χ1) is 20.2. The summed E-state index contributed by atoms with van der Waals surface area (Å²) in [7, 11) is 1.64. The second-order valence-electron chi connectivity index (χ2n) is 10.7. The molecular formula is C31H32Cl2F2N2O5. The Labute approximate surface area is 253 Å². The van der Waals surface area contributed by atoms with Gasteiger partial charge in [-0.05, 0) is 78.1 Å². The van der Waals surface area contributed by atoms with Gasteiger partial charge in [-0.15, -0.1) is 0 Å². The molecule has 11 heteroatoms. The van der Waals surface area contributed by atoms with Gasteiger partial charge in [0.25, 0.3) is 0 Å². The van der Waals surface area contributed by atoms with E-state index in [-0.39, 0.29) is 24.5 Å². The number of hydrogen-bond acceptors (Lipinski definition) is 7. The van der Waals surface area contributed by atoms with Crippen LogP contribution in [0.25, 0.3) is 0 Å². The van der Waals surface area contributed by atoms with E-state index in [1.54, 1.807) is 19.2 Å². The van der Waals surface area contributed by atoms with E-state index in [1.807, 2.05) is 17.9 Å². The lowest BCUT2D eigenvalue weighted by Crippen LogP contribution is -2.36. The minimum atomic E-state index is -3.01. The average Bonchev–Trinajstić information content (AvgIpc) is 3.78. The van der Waals surface area contributed by atoms with Crippen LogP contribution >= 0.6 is 23.2 Å². The number of aryl methyl sites for hydroxylation is 1. The minimum absolute atomic E-state index is 0.0571. The van der Waals surface area contributed by atoms with Crippen LogP contribution in [0, 0.1) is 12.8 Å². The van der Waals surface area contributed by atoms with Crippen LogP contribution in [0.2, 0.25) is 10.0 Å². The topological polar surface area (TPSA) is 70.1 Å². The molecule has 3 aromatic rings. The molecule has 1 saturated carbocycles. The van der Waals surface area contributed by atoms with E-state index in [2.05, 4.69) is 11.1 Å². The Morgan fingerprint density at radius 1 is 1.07 bits per heavy atom. The van der Waals surface area contributed by atoms with Crippen LogP contribution in [0.5, 0.6) is 17.2 Å². The van der Waals surface area contributed by atoms with E-state index in [4.69, 9.17) is 42.1 Å². The molecule has 5 rings (SSSR count). The summed E-state index contributed by atoms with van der Waals surface area (Å²) < 4.78 is 48.3. The van der Waals surface area contributed by atoms with E-state index in [0.717, 1.165) is 36.1 Å². The van der Waals surface area contributed by atoms with Crippen LogP contribution in [0.1, 0.15) is 46.8 Å². The van der Waals surface area contributed by atoms with Gasteiger partial charge in [-0.3, -0.25) is 14.7 Å². The lowest BCUT2D eigenvalue weighted by molar-refractivity contribution is -0.151. The van der Waals surface area contributed by atoms with Crippen molar-refractivity contribution in [3.05, 3.63) is 80.6 Å². The largest absolute Gasteiger partial charge is 0.496 e. The van der Waals surface area contributed by atoms with E-state index in [1.165, 1.54) is 24.0 Å². The van der Waals surface area contributed by atoms with Crippen LogP contribution in [-0.2, 0) is 28.9 Å². The monoisotopic (exact) mass is 620 g/mol. The summed E-state index contributed by atoms with van der Waals surface area (Å²) in [4.78, 5) is 19.4. The average molecular weight is 622 g/mol. The number of esters is 1. The van der Waals surface area contributed by atoms with Crippen LogP contribution in [-0.4, -0.2) is 49.3 Å². The number of alkyl halides is 2. The second-order valence-corrected chi connectivity index (χ2v) is 11.5. The number of methoxy groups -OCH3 is 1. The normalized spacial score (nSPS) is 15.7. The van der Waals surface area contributed by atoms with Crippen molar-refractivity contribution in [2.45, 2.75) is 51.9 Å². The lowest BCUT2D eigenvalue weighted by atomic mass is 9.97. The molecule has 0 saturated heterocycles. The smallest absolute Gasteiger partial charge is 0.387 e. The predicted octanol–water partition coefficient (Wildman–Crippen LogP) is 6.98. The molecule has 2 aliphatic rings. The zero-order chi connectivity index (χ0) is 29.8. The van der Waals surface area contributed by atoms with Gasteiger partial charge < -0.3 is 18.9 Å². The summed E-state index contributed by atoms with van der Waals surface area (Å²) in [6.07, 6.45) is 5.08. The molecule has 0 amide bonds. The van der Waals surface area contributed by atoms with Gasteiger partial charge >= 0.3 is 12.6 Å². The minimum Gasteiger partial charge on any atom is -0.496 e. The molecule has 2 heterocycles. The highest BCUT2D eigenvalue weighted by atomic mass is 35.5.